The summed E-state index contributed by atoms with van der Waals surface area (Å²) < 4.78 is 0. The van der Waals surface area contributed by atoms with E-state index in [2.05, 4.69) is 5.32 Å². The summed E-state index contributed by atoms with van der Waals surface area (Å²) in [4.78, 5) is 26.3. The number of anilines is 1. The Balaban J connectivity index is 2.26. The number of aryl methyl sites for hydroxylation is 1. The van der Waals surface area contributed by atoms with Crippen LogP contribution in [0.5, 0.6) is 0 Å². The molecule has 1 aromatic rings. The number of amides is 2. The van der Waals surface area contributed by atoms with Crippen molar-refractivity contribution in [3.63, 3.8) is 0 Å². The molecule has 1 aliphatic rings. The van der Waals surface area contributed by atoms with Crippen molar-refractivity contribution in [1.29, 1.82) is 0 Å². The van der Waals surface area contributed by atoms with Gasteiger partial charge in [0, 0.05) is 11.7 Å². The van der Waals surface area contributed by atoms with Crippen molar-refractivity contribution in [1.82, 2.24) is 5.32 Å². The first-order valence-electron chi connectivity index (χ1n) is 7.49. The molecule has 0 spiro atoms. The zero-order valence-electron chi connectivity index (χ0n) is 13.5. The molecule has 0 aromatic heterocycles. The second-order valence-electron chi connectivity index (χ2n) is 6.41. The quantitative estimate of drug-likeness (QED) is 0.925. The molecule has 0 saturated heterocycles. The molecule has 1 atom stereocenters. The van der Waals surface area contributed by atoms with E-state index in [9.17, 15) is 9.59 Å². The van der Waals surface area contributed by atoms with Gasteiger partial charge in [-0.25, -0.2) is 0 Å². The highest BCUT2D eigenvalue weighted by molar-refractivity contribution is 6.10. The predicted octanol–water partition coefficient (Wildman–Crippen LogP) is 2.53. The van der Waals surface area contributed by atoms with Crippen LogP contribution >= 0.6 is 0 Å². The van der Waals surface area contributed by atoms with E-state index in [4.69, 9.17) is 0 Å². The van der Waals surface area contributed by atoms with Crippen LogP contribution in [0.1, 0.15) is 45.2 Å². The Kier molecular flexibility index (Phi) is 4.08. The van der Waals surface area contributed by atoms with Crippen LogP contribution in [0.4, 0.5) is 5.69 Å². The van der Waals surface area contributed by atoms with Crippen molar-refractivity contribution in [3.8, 4) is 0 Å². The van der Waals surface area contributed by atoms with Crippen molar-refractivity contribution in [2.45, 2.75) is 52.5 Å². The highest BCUT2D eigenvalue weighted by atomic mass is 16.2. The van der Waals surface area contributed by atoms with E-state index >= 15 is 0 Å². The van der Waals surface area contributed by atoms with Crippen LogP contribution < -0.4 is 10.2 Å². The lowest BCUT2D eigenvalue weighted by Crippen LogP contribution is -2.44. The van der Waals surface area contributed by atoms with Gasteiger partial charge in [-0.05, 0) is 45.7 Å². The van der Waals surface area contributed by atoms with Crippen molar-refractivity contribution in [3.05, 3.63) is 29.3 Å². The summed E-state index contributed by atoms with van der Waals surface area (Å²) >= 11 is 0. The molecule has 4 heteroatoms. The molecule has 21 heavy (non-hydrogen) atoms. The summed E-state index contributed by atoms with van der Waals surface area (Å²) in [5.74, 6) is -0.121. The van der Waals surface area contributed by atoms with Crippen LogP contribution in [0.25, 0.3) is 0 Å². The fourth-order valence-corrected chi connectivity index (χ4v) is 2.67. The Hall–Kier alpha value is -1.84. The second kappa shape index (κ2) is 5.51. The van der Waals surface area contributed by atoms with Crippen molar-refractivity contribution >= 4 is 17.5 Å². The van der Waals surface area contributed by atoms with E-state index in [1.54, 1.807) is 4.90 Å². The topological polar surface area (TPSA) is 49.4 Å². The lowest BCUT2D eigenvalue weighted by molar-refractivity contribution is -0.125. The summed E-state index contributed by atoms with van der Waals surface area (Å²) in [6.07, 6.45) is 0.876. The molecule has 1 heterocycles. The van der Waals surface area contributed by atoms with Gasteiger partial charge < -0.3 is 10.2 Å². The third-order valence-corrected chi connectivity index (χ3v) is 4.22. The number of hydrogen-bond donors (Lipinski definition) is 1. The number of fused-ring (bicyclic) bond motifs is 1. The number of carbonyl (C=O) groups excluding carboxylic acids is 2. The van der Waals surface area contributed by atoms with Gasteiger partial charge in [0.25, 0.3) is 0 Å². The Morgan fingerprint density at radius 2 is 2.05 bits per heavy atom. The highest BCUT2D eigenvalue weighted by Gasteiger charge is 2.44. The first-order valence-corrected chi connectivity index (χ1v) is 7.49. The van der Waals surface area contributed by atoms with Crippen LogP contribution in [0.2, 0.25) is 0 Å². The lowest BCUT2D eigenvalue weighted by atomic mass is 9.85. The van der Waals surface area contributed by atoms with Gasteiger partial charge in [0.2, 0.25) is 11.8 Å². The molecule has 0 radical (unpaired) electrons. The maximum atomic E-state index is 12.6. The van der Waals surface area contributed by atoms with Gasteiger partial charge in [-0.1, -0.05) is 24.6 Å². The van der Waals surface area contributed by atoms with Gasteiger partial charge in [0.1, 0.15) is 6.54 Å². The van der Waals surface area contributed by atoms with E-state index in [1.165, 1.54) is 0 Å². The fourth-order valence-electron chi connectivity index (χ4n) is 2.67. The first-order chi connectivity index (χ1) is 9.77. The third kappa shape index (κ3) is 2.80. The largest absolute Gasteiger partial charge is 0.352 e. The zero-order valence-corrected chi connectivity index (χ0v) is 13.5. The number of nitrogens with zero attached hydrogens (tertiary/aromatic N) is 1. The predicted molar refractivity (Wildman–Crippen MR) is 84.5 cm³/mol. The van der Waals surface area contributed by atoms with E-state index in [0.717, 1.165) is 23.2 Å². The summed E-state index contributed by atoms with van der Waals surface area (Å²) in [5, 5.41) is 2.91. The molecule has 2 amide bonds. The standard InChI is InChI=1S/C17H24N2O2/c1-6-12(3)18-15(20)10-19-14-8-7-11(2)9-13(14)17(4,5)16(19)21/h7-9,12H,6,10H2,1-5H3,(H,18,20)/t12-/m1/s1. The molecule has 114 valence electrons. The number of hydrogen-bond acceptors (Lipinski definition) is 2. The number of carbonyl (C=O) groups is 2. The zero-order chi connectivity index (χ0) is 15.8. The van der Waals surface area contributed by atoms with Crippen LogP contribution in [0.3, 0.4) is 0 Å². The Bertz CT molecular complexity index is 578. The lowest BCUT2D eigenvalue weighted by Gasteiger charge is -2.21. The van der Waals surface area contributed by atoms with E-state index < -0.39 is 5.41 Å². The van der Waals surface area contributed by atoms with Crippen LogP contribution in [0.15, 0.2) is 18.2 Å². The molecule has 0 unspecified atom stereocenters. The smallest absolute Gasteiger partial charge is 0.240 e. The molecular weight excluding hydrogens is 264 g/mol. The molecule has 1 aromatic carbocycles. The molecule has 0 aliphatic carbocycles. The summed E-state index contributed by atoms with van der Waals surface area (Å²) in [7, 11) is 0. The molecule has 0 bridgehead atoms. The summed E-state index contributed by atoms with van der Waals surface area (Å²) in [6, 6.07) is 6.08. The van der Waals surface area contributed by atoms with Gasteiger partial charge in [-0.15, -0.1) is 0 Å². The normalized spacial score (nSPS) is 17.6. The minimum Gasteiger partial charge on any atom is -0.352 e. The van der Waals surface area contributed by atoms with Crippen molar-refractivity contribution in [2.24, 2.45) is 0 Å². The number of benzene rings is 1. The summed E-state index contributed by atoms with van der Waals surface area (Å²) in [6.45, 7) is 9.92. The number of rotatable bonds is 4. The first kappa shape index (κ1) is 15.5. The van der Waals surface area contributed by atoms with Crippen LogP contribution in [-0.4, -0.2) is 24.4 Å². The van der Waals surface area contributed by atoms with E-state index in [1.807, 2.05) is 52.8 Å². The average molecular weight is 288 g/mol. The average Bonchev–Trinajstić information content (AvgIpc) is 2.60. The highest BCUT2D eigenvalue weighted by Crippen LogP contribution is 2.41. The van der Waals surface area contributed by atoms with Gasteiger partial charge in [0.05, 0.1) is 5.41 Å². The van der Waals surface area contributed by atoms with Crippen molar-refractivity contribution < 1.29 is 9.59 Å². The van der Waals surface area contributed by atoms with E-state index in [0.29, 0.717) is 0 Å². The monoisotopic (exact) mass is 288 g/mol. The Morgan fingerprint density at radius 1 is 1.38 bits per heavy atom. The SMILES string of the molecule is CC[C@@H](C)NC(=O)CN1C(=O)C(C)(C)c2cc(C)ccc21. The molecule has 0 fully saturated rings. The molecule has 1 N–H and O–H groups in total. The maximum absolute atomic E-state index is 12.6. The van der Waals surface area contributed by atoms with Gasteiger partial charge in [0.15, 0.2) is 0 Å². The minimum atomic E-state index is -0.571. The molecular formula is C17H24N2O2. The molecule has 0 saturated carbocycles. The van der Waals surface area contributed by atoms with Gasteiger partial charge >= 0.3 is 0 Å². The summed E-state index contributed by atoms with van der Waals surface area (Å²) in [5.41, 5.74) is 2.41. The molecule has 1 aliphatic heterocycles. The van der Waals surface area contributed by atoms with E-state index in [-0.39, 0.29) is 24.4 Å². The van der Waals surface area contributed by atoms with Crippen molar-refractivity contribution in [2.75, 3.05) is 11.4 Å². The maximum Gasteiger partial charge on any atom is 0.240 e. The van der Waals surface area contributed by atoms with Gasteiger partial charge in [-0.3, -0.25) is 9.59 Å². The molecule has 2 rings (SSSR count). The number of nitrogens with one attached hydrogen (secondary N) is 1. The van der Waals surface area contributed by atoms with Gasteiger partial charge in [-0.2, -0.15) is 0 Å². The second-order valence-corrected chi connectivity index (χ2v) is 6.41. The fraction of sp³-hybridized carbons (Fsp3) is 0.529. The Morgan fingerprint density at radius 3 is 2.67 bits per heavy atom. The minimum absolute atomic E-state index is 0.0117. The van der Waals surface area contributed by atoms with Crippen LogP contribution in [0, 0.1) is 6.92 Å². The Labute approximate surface area is 126 Å². The molecule has 4 nitrogen and oxygen atoms in total. The third-order valence-electron chi connectivity index (χ3n) is 4.22. The van der Waals surface area contributed by atoms with Crippen LogP contribution in [-0.2, 0) is 15.0 Å².